The molecule has 0 aromatic heterocycles. The number of hydrazone groups is 1. The molecule has 2 fully saturated rings. The molecule has 1 saturated carbocycles. The van der Waals surface area contributed by atoms with Gasteiger partial charge in [0.25, 0.3) is 0 Å². The van der Waals surface area contributed by atoms with Crippen LogP contribution in [0, 0.1) is 5.92 Å². The number of benzene rings is 1. The van der Waals surface area contributed by atoms with E-state index in [9.17, 15) is 9.59 Å². The number of hydrogen-bond acceptors (Lipinski definition) is 6. The van der Waals surface area contributed by atoms with Crippen molar-refractivity contribution in [2.45, 2.75) is 37.4 Å². The lowest BCUT2D eigenvalue weighted by atomic mass is 10.0. The summed E-state index contributed by atoms with van der Waals surface area (Å²) in [6, 6.07) is 5.60. The van der Waals surface area contributed by atoms with E-state index in [1.807, 2.05) is 23.1 Å². The minimum atomic E-state index is -0.550. The molecule has 1 aliphatic carbocycles. The first kappa shape index (κ1) is 17.9. The van der Waals surface area contributed by atoms with E-state index in [0.717, 1.165) is 67.3 Å². The molecule has 1 unspecified atom stereocenters. The van der Waals surface area contributed by atoms with Gasteiger partial charge in [-0.15, -0.1) is 0 Å². The van der Waals surface area contributed by atoms with E-state index >= 15 is 0 Å². The standard InChI is InChI=1S/C18H20BrClN4O2/c19-13-1-2-15(14(20)8-13)24-16(21-22-17(24)10-25)7-12-3-6-23(9-12)18(11-26)4-5-18/h1-2,8,10-12,17,22H,3-7,9H2/t12-,17?/m0/s1. The summed E-state index contributed by atoms with van der Waals surface area (Å²) < 4.78 is 0.884. The van der Waals surface area contributed by atoms with Crippen molar-refractivity contribution in [3.05, 3.63) is 27.7 Å². The summed E-state index contributed by atoms with van der Waals surface area (Å²) in [4.78, 5) is 27.1. The molecule has 2 heterocycles. The molecule has 3 aliphatic rings. The van der Waals surface area contributed by atoms with Crippen molar-refractivity contribution < 1.29 is 9.59 Å². The van der Waals surface area contributed by atoms with Gasteiger partial charge < -0.3 is 4.79 Å². The molecular weight excluding hydrogens is 420 g/mol. The number of rotatable bonds is 6. The highest BCUT2D eigenvalue weighted by molar-refractivity contribution is 9.10. The number of carbonyl (C=O) groups is 2. The molecular formula is C18H20BrClN4O2. The maximum atomic E-state index is 11.5. The van der Waals surface area contributed by atoms with Crippen molar-refractivity contribution in [3.8, 4) is 0 Å². The van der Waals surface area contributed by atoms with Crippen LogP contribution in [-0.2, 0) is 9.59 Å². The topological polar surface area (TPSA) is 65.0 Å². The number of likely N-dealkylation sites (tertiary alicyclic amines) is 1. The first-order chi connectivity index (χ1) is 12.6. The van der Waals surface area contributed by atoms with Crippen LogP contribution in [0.2, 0.25) is 5.02 Å². The number of aldehydes is 2. The first-order valence-corrected chi connectivity index (χ1v) is 9.96. The van der Waals surface area contributed by atoms with Crippen LogP contribution >= 0.6 is 27.5 Å². The molecule has 138 valence electrons. The van der Waals surface area contributed by atoms with Crippen molar-refractivity contribution in [2.24, 2.45) is 11.0 Å². The summed E-state index contributed by atoms with van der Waals surface area (Å²) in [6.45, 7) is 1.84. The van der Waals surface area contributed by atoms with Gasteiger partial charge in [-0.2, -0.15) is 5.10 Å². The molecule has 0 radical (unpaired) electrons. The van der Waals surface area contributed by atoms with Gasteiger partial charge in [-0.3, -0.25) is 20.0 Å². The van der Waals surface area contributed by atoms with E-state index in [1.165, 1.54) is 0 Å². The third-order valence-corrected chi connectivity index (χ3v) is 6.34. The highest BCUT2D eigenvalue weighted by Crippen LogP contribution is 2.43. The summed E-state index contributed by atoms with van der Waals surface area (Å²) in [7, 11) is 0. The molecule has 1 saturated heterocycles. The normalized spacial score (nSPS) is 27.2. The predicted octanol–water partition coefficient (Wildman–Crippen LogP) is 2.79. The average molecular weight is 440 g/mol. The molecule has 8 heteroatoms. The summed E-state index contributed by atoms with van der Waals surface area (Å²) in [6.07, 6.45) is 5.11. The molecule has 1 aromatic rings. The first-order valence-electron chi connectivity index (χ1n) is 8.79. The van der Waals surface area contributed by atoms with Crippen molar-refractivity contribution in [1.29, 1.82) is 0 Å². The molecule has 26 heavy (non-hydrogen) atoms. The van der Waals surface area contributed by atoms with Crippen LogP contribution in [0.4, 0.5) is 5.69 Å². The van der Waals surface area contributed by atoms with Crippen LogP contribution in [0.5, 0.6) is 0 Å². The minimum Gasteiger partial charge on any atom is -0.301 e. The van der Waals surface area contributed by atoms with Crippen LogP contribution in [0.3, 0.4) is 0 Å². The molecule has 2 atom stereocenters. The molecule has 0 spiro atoms. The zero-order valence-electron chi connectivity index (χ0n) is 14.2. The second-order valence-corrected chi connectivity index (χ2v) is 8.55. The highest BCUT2D eigenvalue weighted by Gasteiger charge is 2.50. The number of carbonyl (C=O) groups excluding carboxylic acids is 2. The Kier molecular flexibility index (Phi) is 4.79. The van der Waals surface area contributed by atoms with Crippen LogP contribution in [-0.4, -0.2) is 48.1 Å². The Morgan fingerprint density at radius 2 is 2.19 bits per heavy atom. The van der Waals surface area contributed by atoms with E-state index in [0.29, 0.717) is 10.9 Å². The predicted molar refractivity (Wildman–Crippen MR) is 104 cm³/mol. The minimum absolute atomic E-state index is 0.204. The lowest BCUT2D eigenvalue weighted by molar-refractivity contribution is -0.113. The van der Waals surface area contributed by atoms with Gasteiger partial charge in [0.1, 0.15) is 12.1 Å². The average Bonchev–Trinajstić information content (AvgIpc) is 3.12. The van der Waals surface area contributed by atoms with E-state index in [4.69, 9.17) is 11.6 Å². The quantitative estimate of drug-likeness (QED) is 0.691. The van der Waals surface area contributed by atoms with Gasteiger partial charge in [0.05, 0.1) is 16.2 Å². The van der Waals surface area contributed by atoms with Crippen molar-refractivity contribution in [2.75, 3.05) is 18.0 Å². The van der Waals surface area contributed by atoms with E-state index in [-0.39, 0.29) is 5.54 Å². The van der Waals surface area contributed by atoms with Gasteiger partial charge in [0.2, 0.25) is 0 Å². The Hall–Kier alpha value is -1.44. The van der Waals surface area contributed by atoms with Gasteiger partial charge in [0.15, 0.2) is 12.5 Å². The molecule has 4 rings (SSSR count). The number of anilines is 1. The van der Waals surface area contributed by atoms with Crippen molar-refractivity contribution >= 4 is 51.6 Å². The van der Waals surface area contributed by atoms with Gasteiger partial charge in [-0.05, 0) is 49.9 Å². The lowest BCUT2D eigenvalue weighted by Gasteiger charge is -2.26. The third-order valence-electron chi connectivity index (χ3n) is 5.55. The third kappa shape index (κ3) is 3.17. The number of nitrogens with zero attached hydrogens (tertiary/aromatic N) is 3. The summed E-state index contributed by atoms with van der Waals surface area (Å²) in [5.74, 6) is 1.23. The monoisotopic (exact) mass is 438 g/mol. The maximum absolute atomic E-state index is 11.5. The maximum Gasteiger partial charge on any atom is 0.177 e. The van der Waals surface area contributed by atoms with Crippen LogP contribution < -0.4 is 10.3 Å². The zero-order chi connectivity index (χ0) is 18.3. The van der Waals surface area contributed by atoms with E-state index in [2.05, 4.69) is 31.4 Å². The second-order valence-electron chi connectivity index (χ2n) is 7.23. The SMILES string of the molecule is O=CC1NN=C(C[C@@H]2CCN(C3(C=O)CC3)C2)N1c1ccc(Br)cc1Cl. The van der Waals surface area contributed by atoms with Crippen LogP contribution in [0.25, 0.3) is 0 Å². The lowest BCUT2D eigenvalue weighted by Crippen LogP contribution is -2.42. The second kappa shape index (κ2) is 6.94. The van der Waals surface area contributed by atoms with Crippen LogP contribution in [0.1, 0.15) is 25.7 Å². The Labute approximate surface area is 165 Å². The van der Waals surface area contributed by atoms with E-state index < -0.39 is 6.17 Å². The largest absolute Gasteiger partial charge is 0.301 e. The summed E-state index contributed by atoms with van der Waals surface area (Å²) in [5.41, 5.74) is 3.45. The van der Waals surface area contributed by atoms with Gasteiger partial charge in [-0.1, -0.05) is 27.5 Å². The zero-order valence-corrected chi connectivity index (χ0v) is 16.5. The summed E-state index contributed by atoms with van der Waals surface area (Å²) >= 11 is 9.82. The Morgan fingerprint density at radius 1 is 1.38 bits per heavy atom. The van der Waals surface area contributed by atoms with Gasteiger partial charge in [0, 0.05) is 17.4 Å². The van der Waals surface area contributed by atoms with Gasteiger partial charge >= 0.3 is 0 Å². The van der Waals surface area contributed by atoms with E-state index in [1.54, 1.807) is 0 Å². The van der Waals surface area contributed by atoms with Crippen LogP contribution in [0.15, 0.2) is 27.8 Å². The molecule has 1 N–H and O–H groups in total. The smallest absolute Gasteiger partial charge is 0.177 e. The highest BCUT2D eigenvalue weighted by atomic mass is 79.9. The molecule has 6 nitrogen and oxygen atoms in total. The fourth-order valence-corrected chi connectivity index (χ4v) is 4.68. The molecule has 0 bridgehead atoms. The Balaban J connectivity index is 1.50. The molecule has 0 amide bonds. The molecule has 2 aliphatic heterocycles. The van der Waals surface area contributed by atoms with Gasteiger partial charge in [-0.25, -0.2) is 0 Å². The molecule has 1 aromatic carbocycles. The number of hydrogen-bond donors (Lipinski definition) is 1. The number of nitrogens with one attached hydrogen (secondary N) is 1. The fourth-order valence-electron chi connectivity index (χ4n) is 3.91. The number of amidine groups is 1. The summed E-state index contributed by atoms with van der Waals surface area (Å²) in [5, 5.41) is 4.96. The number of halogens is 2. The van der Waals surface area contributed by atoms with Crippen molar-refractivity contribution in [3.63, 3.8) is 0 Å². The Bertz CT molecular complexity index is 768. The Morgan fingerprint density at radius 3 is 2.85 bits per heavy atom. The fraction of sp³-hybridized carbons (Fsp3) is 0.500. The van der Waals surface area contributed by atoms with Crippen molar-refractivity contribution in [1.82, 2.24) is 10.3 Å².